The molecule has 7 heteroatoms. The predicted molar refractivity (Wildman–Crippen MR) is 76.1 cm³/mol. The van der Waals surface area contributed by atoms with Crippen LogP contribution in [-0.4, -0.2) is 40.7 Å². The van der Waals surface area contributed by atoms with Gasteiger partial charge in [-0.2, -0.15) is 0 Å². The van der Waals surface area contributed by atoms with E-state index in [-0.39, 0.29) is 6.42 Å². The lowest BCUT2D eigenvalue weighted by molar-refractivity contribution is -0.162. The van der Waals surface area contributed by atoms with Crippen molar-refractivity contribution in [3.63, 3.8) is 0 Å². The molecule has 0 radical (unpaired) electrons. The number of aromatic nitrogens is 1. The molecule has 0 aliphatic rings. The van der Waals surface area contributed by atoms with Crippen LogP contribution in [0.1, 0.15) is 5.56 Å². The van der Waals surface area contributed by atoms with E-state index < -0.39 is 30.6 Å². The van der Waals surface area contributed by atoms with Crippen LogP contribution in [0, 0.1) is 0 Å². The van der Waals surface area contributed by atoms with Gasteiger partial charge in [0, 0.05) is 23.5 Å². The van der Waals surface area contributed by atoms with Gasteiger partial charge in [-0.3, -0.25) is 0 Å². The molecule has 0 aliphatic heterocycles. The van der Waals surface area contributed by atoms with Gasteiger partial charge in [0.25, 0.3) is 0 Å². The molecule has 0 saturated heterocycles. The SMILES string of the molecule is N[C@@H](CO)C(=O)OC(=O)[C@@H](N)Cc1c[nH]c2ccccc12. The fraction of sp³-hybridized carbons (Fsp3) is 0.286. The maximum atomic E-state index is 11.7. The number of nitrogens with two attached hydrogens (primary N) is 2. The summed E-state index contributed by atoms with van der Waals surface area (Å²) in [6.07, 6.45) is 1.99. The number of ether oxygens (including phenoxy) is 1. The van der Waals surface area contributed by atoms with Gasteiger partial charge in [0.1, 0.15) is 12.1 Å². The number of benzene rings is 1. The van der Waals surface area contributed by atoms with Gasteiger partial charge < -0.3 is 26.3 Å². The molecular formula is C14H17N3O4. The highest BCUT2D eigenvalue weighted by molar-refractivity contribution is 5.91. The lowest BCUT2D eigenvalue weighted by atomic mass is 10.1. The molecule has 0 aliphatic carbocycles. The summed E-state index contributed by atoms with van der Waals surface area (Å²) in [5, 5.41) is 9.67. The van der Waals surface area contributed by atoms with E-state index in [2.05, 4.69) is 9.72 Å². The number of aliphatic hydroxyl groups excluding tert-OH is 1. The van der Waals surface area contributed by atoms with E-state index in [1.807, 2.05) is 24.3 Å². The molecule has 2 rings (SSSR count). The first-order valence-electron chi connectivity index (χ1n) is 6.45. The Kier molecular flexibility index (Phi) is 4.69. The van der Waals surface area contributed by atoms with Gasteiger partial charge in [0.15, 0.2) is 0 Å². The summed E-state index contributed by atoms with van der Waals surface area (Å²) >= 11 is 0. The van der Waals surface area contributed by atoms with Crippen LogP contribution in [0.3, 0.4) is 0 Å². The van der Waals surface area contributed by atoms with E-state index in [9.17, 15) is 9.59 Å². The van der Waals surface area contributed by atoms with Crippen LogP contribution >= 0.6 is 0 Å². The first-order chi connectivity index (χ1) is 10.0. The van der Waals surface area contributed by atoms with E-state index in [4.69, 9.17) is 16.6 Å². The number of H-pyrrole nitrogens is 1. The molecule has 1 heterocycles. The van der Waals surface area contributed by atoms with Crippen LogP contribution in [0.4, 0.5) is 0 Å². The summed E-state index contributed by atoms with van der Waals surface area (Å²) in [7, 11) is 0. The molecule has 0 bridgehead atoms. The Labute approximate surface area is 120 Å². The Bertz CT molecular complexity index is 652. The number of carbonyl (C=O) groups excluding carboxylic acids is 2. The van der Waals surface area contributed by atoms with Gasteiger partial charge in [0.2, 0.25) is 0 Å². The van der Waals surface area contributed by atoms with Gasteiger partial charge in [-0.05, 0) is 11.6 Å². The molecule has 1 aromatic carbocycles. The summed E-state index contributed by atoms with van der Waals surface area (Å²) < 4.78 is 4.53. The number of carbonyl (C=O) groups is 2. The summed E-state index contributed by atoms with van der Waals surface area (Å²) in [6, 6.07) is 5.37. The Morgan fingerprint density at radius 2 is 1.86 bits per heavy atom. The first kappa shape index (κ1) is 15.2. The summed E-state index contributed by atoms with van der Waals surface area (Å²) in [4.78, 5) is 26.1. The third-order valence-corrected chi connectivity index (χ3v) is 3.12. The highest BCUT2D eigenvalue weighted by atomic mass is 16.6. The van der Waals surface area contributed by atoms with E-state index in [0.717, 1.165) is 16.5 Å². The number of hydrogen-bond donors (Lipinski definition) is 4. The molecule has 0 saturated carbocycles. The van der Waals surface area contributed by atoms with Crippen LogP contribution in [0.15, 0.2) is 30.5 Å². The lowest BCUT2D eigenvalue weighted by Crippen LogP contribution is -2.42. The minimum absolute atomic E-state index is 0.227. The molecule has 0 amide bonds. The molecule has 6 N–H and O–H groups in total. The predicted octanol–water partition coefficient (Wildman–Crippen LogP) is -0.573. The fourth-order valence-electron chi connectivity index (χ4n) is 1.95. The number of esters is 2. The third-order valence-electron chi connectivity index (χ3n) is 3.12. The molecule has 21 heavy (non-hydrogen) atoms. The second-order valence-corrected chi connectivity index (χ2v) is 4.70. The quantitative estimate of drug-likeness (QED) is 0.431. The van der Waals surface area contributed by atoms with Crippen molar-refractivity contribution in [1.29, 1.82) is 0 Å². The Balaban J connectivity index is 2.02. The van der Waals surface area contributed by atoms with Gasteiger partial charge in [-0.1, -0.05) is 18.2 Å². The van der Waals surface area contributed by atoms with Crippen LogP contribution in [0.25, 0.3) is 10.9 Å². The van der Waals surface area contributed by atoms with Gasteiger partial charge in [-0.25, -0.2) is 9.59 Å². The molecular weight excluding hydrogens is 274 g/mol. The second-order valence-electron chi connectivity index (χ2n) is 4.70. The smallest absolute Gasteiger partial charge is 0.332 e. The van der Waals surface area contributed by atoms with Crippen molar-refractivity contribution in [2.24, 2.45) is 11.5 Å². The van der Waals surface area contributed by atoms with Crippen molar-refractivity contribution >= 4 is 22.8 Å². The Morgan fingerprint density at radius 3 is 2.57 bits per heavy atom. The van der Waals surface area contributed by atoms with E-state index in [0.29, 0.717) is 0 Å². The lowest BCUT2D eigenvalue weighted by Gasteiger charge is -2.12. The number of aliphatic hydroxyl groups is 1. The third kappa shape index (κ3) is 3.46. The van der Waals surface area contributed by atoms with Crippen molar-refractivity contribution in [3.05, 3.63) is 36.0 Å². The number of para-hydroxylation sites is 1. The minimum atomic E-state index is -1.24. The number of nitrogens with one attached hydrogen (secondary N) is 1. The molecule has 1 aromatic heterocycles. The Morgan fingerprint density at radius 1 is 1.19 bits per heavy atom. The van der Waals surface area contributed by atoms with Gasteiger partial charge in [-0.15, -0.1) is 0 Å². The standard InChI is InChI=1S/C14H17N3O4/c15-10(13(19)21-14(20)11(16)7-18)5-8-6-17-12-4-2-1-3-9(8)12/h1-4,6,10-11,17-18H,5,7,15-16H2/t10-,11-/m0/s1. The number of fused-ring (bicyclic) bond motifs is 1. The zero-order chi connectivity index (χ0) is 15.4. The van der Waals surface area contributed by atoms with Crippen LogP contribution < -0.4 is 11.5 Å². The number of hydrogen-bond acceptors (Lipinski definition) is 6. The second kappa shape index (κ2) is 6.49. The first-order valence-corrected chi connectivity index (χ1v) is 6.45. The Hall–Kier alpha value is -2.22. The van der Waals surface area contributed by atoms with Gasteiger partial charge >= 0.3 is 11.9 Å². The van der Waals surface area contributed by atoms with Crippen molar-refractivity contribution in [2.75, 3.05) is 6.61 Å². The average Bonchev–Trinajstić information content (AvgIpc) is 2.89. The van der Waals surface area contributed by atoms with E-state index in [1.54, 1.807) is 6.20 Å². The van der Waals surface area contributed by atoms with E-state index in [1.165, 1.54) is 0 Å². The zero-order valence-electron chi connectivity index (χ0n) is 11.3. The molecule has 2 aromatic rings. The summed E-state index contributed by atoms with van der Waals surface area (Å²) in [5.41, 5.74) is 12.8. The van der Waals surface area contributed by atoms with Crippen LogP contribution in [0.5, 0.6) is 0 Å². The highest BCUT2D eigenvalue weighted by Gasteiger charge is 2.23. The van der Waals surface area contributed by atoms with Crippen molar-refractivity contribution in [1.82, 2.24) is 4.98 Å². The molecule has 2 atom stereocenters. The molecule has 0 fully saturated rings. The minimum Gasteiger partial charge on any atom is -0.394 e. The topological polar surface area (TPSA) is 131 Å². The molecule has 0 unspecified atom stereocenters. The van der Waals surface area contributed by atoms with Crippen molar-refractivity contribution in [3.8, 4) is 0 Å². The molecule has 112 valence electrons. The summed E-state index contributed by atoms with van der Waals surface area (Å²) in [5.74, 6) is -1.86. The van der Waals surface area contributed by atoms with Gasteiger partial charge in [0.05, 0.1) is 6.61 Å². The number of aromatic amines is 1. The molecule has 0 spiro atoms. The highest BCUT2D eigenvalue weighted by Crippen LogP contribution is 2.18. The van der Waals surface area contributed by atoms with Crippen LogP contribution in [0.2, 0.25) is 0 Å². The number of rotatable bonds is 5. The van der Waals surface area contributed by atoms with Crippen molar-refractivity contribution < 1.29 is 19.4 Å². The largest absolute Gasteiger partial charge is 0.394 e. The molecule has 7 nitrogen and oxygen atoms in total. The van der Waals surface area contributed by atoms with Crippen LogP contribution in [-0.2, 0) is 20.7 Å². The monoisotopic (exact) mass is 291 g/mol. The van der Waals surface area contributed by atoms with Crippen molar-refractivity contribution in [2.45, 2.75) is 18.5 Å². The average molecular weight is 291 g/mol. The zero-order valence-corrected chi connectivity index (χ0v) is 11.3. The maximum absolute atomic E-state index is 11.7. The maximum Gasteiger partial charge on any atom is 0.332 e. The normalized spacial score (nSPS) is 13.9. The summed E-state index contributed by atoms with van der Waals surface area (Å²) in [6.45, 7) is -0.593. The van der Waals surface area contributed by atoms with E-state index >= 15 is 0 Å². The fourth-order valence-corrected chi connectivity index (χ4v) is 1.95.